The molecule has 2 aromatic rings. The number of rotatable bonds is 9. The van der Waals surface area contributed by atoms with E-state index >= 15 is 0 Å². The third-order valence-electron chi connectivity index (χ3n) is 3.17. The Morgan fingerprint density at radius 1 is 1.24 bits per heavy atom. The van der Waals surface area contributed by atoms with Crippen LogP contribution in [0.4, 0.5) is 0 Å². The lowest BCUT2D eigenvalue weighted by atomic mass is 10.1. The normalized spacial score (nSPS) is 11.2. The molecule has 0 saturated heterocycles. The first-order valence-electron chi connectivity index (χ1n) is 7.50. The molecule has 0 bridgehead atoms. The van der Waals surface area contributed by atoms with Gasteiger partial charge in [-0.3, -0.25) is 4.98 Å². The van der Waals surface area contributed by atoms with Crippen LogP contribution in [-0.4, -0.2) is 17.6 Å². The molecule has 0 aromatic carbocycles. The summed E-state index contributed by atoms with van der Waals surface area (Å²) in [6.07, 6.45) is 7.47. The number of furan rings is 1. The standard InChI is InChI=1S/C17H24N2O2/c1-14(2)19-11-16-10-17(21-12-16)13-20-9-3-4-15-5-7-18-8-6-15/h5-8,10,12,14,19H,3-4,9,11,13H2,1-2H3. The molecular formula is C17H24N2O2. The van der Waals surface area contributed by atoms with Gasteiger partial charge in [-0.15, -0.1) is 0 Å². The lowest BCUT2D eigenvalue weighted by Gasteiger charge is -2.04. The SMILES string of the molecule is CC(C)NCc1coc(COCCCc2ccncc2)c1. The summed E-state index contributed by atoms with van der Waals surface area (Å²) < 4.78 is 11.1. The first-order valence-corrected chi connectivity index (χ1v) is 7.50. The number of hydrogen-bond acceptors (Lipinski definition) is 4. The molecule has 2 heterocycles. The summed E-state index contributed by atoms with van der Waals surface area (Å²) in [7, 11) is 0. The summed E-state index contributed by atoms with van der Waals surface area (Å²) in [4.78, 5) is 4.01. The summed E-state index contributed by atoms with van der Waals surface area (Å²) in [6.45, 7) is 6.38. The molecule has 0 aliphatic heterocycles. The van der Waals surface area contributed by atoms with Crippen molar-refractivity contribution in [2.45, 2.75) is 45.9 Å². The van der Waals surface area contributed by atoms with Crippen molar-refractivity contribution in [3.8, 4) is 0 Å². The number of nitrogens with one attached hydrogen (secondary N) is 1. The Bertz CT molecular complexity index is 509. The molecule has 0 unspecified atom stereocenters. The van der Waals surface area contributed by atoms with Gasteiger partial charge in [-0.1, -0.05) is 13.8 Å². The average Bonchev–Trinajstić information content (AvgIpc) is 2.94. The maximum atomic E-state index is 5.65. The maximum absolute atomic E-state index is 5.65. The zero-order valence-electron chi connectivity index (χ0n) is 12.8. The van der Waals surface area contributed by atoms with Gasteiger partial charge in [0.05, 0.1) is 6.26 Å². The van der Waals surface area contributed by atoms with Gasteiger partial charge in [0.1, 0.15) is 12.4 Å². The highest BCUT2D eigenvalue weighted by molar-refractivity contribution is 5.12. The van der Waals surface area contributed by atoms with Crippen LogP contribution in [0, 0.1) is 0 Å². The van der Waals surface area contributed by atoms with Gasteiger partial charge in [0.25, 0.3) is 0 Å². The van der Waals surface area contributed by atoms with Gasteiger partial charge in [0.2, 0.25) is 0 Å². The molecular weight excluding hydrogens is 264 g/mol. The molecule has 0 atom stereocenters. The van der Waals surface area contributed by atoms with E-state index in [4.69, 9.17) is 9.15 Å². The smallest absolute Gasteiger partial charge is 0.129 e. The molecule has 0 radical (unpaired) electrons. The quantitative estimate of drug-likeness (QED) is 0.719. The van der Waals surface area contributed by atoms with Crippen LogP contribution in [0.25, 0.3) is 0 Å². The largest absolute Gasteiger partial charge is 0.467 e. The van der Waals surface area contributed by atoms with E-state index in [2.05, 4.69) is 30.2 Å². The van der Waals surface area contributed by atoms with E-state index in [9.17, 15) is 0 Å². The lowest BCUT2D eigenvalue weighted by Crippen LogP contribution is -2.21. The van der Waals surface area contributed by atoms with Crippen LogP contribution in [0.1, 0.15) is 37.2 Å². The number of ether oxygens (including phenoxy) is 1. The molecule has 0 aliphatic carbocycles. The van der Waals surface area contributed by atoms with Crippen LogP contribution in [0.2, 0.25) is 0 Å². The second-order valence-electron chi connectivity index (χ2n) is 5.47. The van der Waals surface area contributed by atoms with Crippen molar-refractivity contribution < 1.29 is 9.15 Å². The van der Waals surface area contributed by atoms with Crippen molar-refractivity contribution in [1.29, 1.82) is 0 Å². The second-order valence-corrected chi connectivity index (χ2v) is 5.47. The van der Waals surface area contributed by atoms with E-state index in [1.807, 2.05) is 24.5 Å². The number of nitrogens with zero attached hydrogens (tertiary/aromatic N) is 1. The van der Waals surface area contributed by atoms with E-state index in [0.29, 0.717) is 12.6 Å². The van der Waals surface area contributed by atoms with Gasteiger partial charge in [-0.25, -0.2) is 0 Å². The monoisotopic (exact) mass is 288 g/mol. The van der Waals surface area contributed by atoms with E-state index in [0.717, 1.165) is 31.8 Å². The number of aromatic nitrogens is 1. The second kappa shape index (κ2) is 8.60. The zero-order valence-corrected chi connectivity index (χ0v) is 12.8. The molecule has 0 amide bonds. The van der Waals surface area contributed by atoms with Crippen molar-refractivity contribution in [2.24, 2.45) is 0 Å². The van der Waals surface area contributed by atoms with Crippen LogP contribution >= 0.6 is 0 Å². The summed E-state index contributed by atoms with van der Waals surface area (Å²) in [5, 5.41) is 3.36. The summed E-state index contributed by atoms with van der Waals surface area (Å²) in [5.41, 5.74) is 2.47. The fourth-order valence-electron chi connectivity index (χ4n) is 2.02. The molecule has 2 rings (SSSR count). The highest BCUT2D eigenvalue weighted by atomic mass is 16.5. The van der Waals surface area contributed by atoms with Crippen LogP contribution in [0.5, 0.6) is 0 Å². The number of pyridine rings is 1. The number of hydrogen-bond donors (Lipinski definition) is 1. The Morgan fingerprint density at radius 3 is 2.81 bits per heavy atom. The highest BCUT2D eigenvalue weighted by Gasteiger charge is 2.03. The zero-order chi connectivity index (χ0) is 14.9. The van der Waals surface area contributed by atoms with Crippen molar-refractivity contribution in [2.75, 3.05) is 6.61 Å². The van der Waals surface area contributed by atoms with Crippen LogP contribution in [-0.2, 0) is 24.3 Å². The Morgan fingerprint density at radius 2 is 2.05 bits per heavy atom. The fraction of sp³-hybridized carbons (Fsp3) is 0.471. The van der Waals surface area contributed by atoms with Crippen LogP contribution in [0.15, 0.2) is 41.3 Å². The number of aryl methyl sites for hydroxylation is 1. The summed E-state index contributed by atoms with van der Waals surface area (Å²) in [5.74, 6) is 0.888. The van der Waals surface area contributed by atoms with Crippen molar-refractivity contribution >= 4 is 0 Å². The van der Waals surface area contributed by atoms with E-state index in [1.54, 1.807) is 6.26 Å². The molecule has 21 heavy (non-hydrogen) atoms. The van der Waals surface area contributed by atoms with Gasteiger partial charge in [-0.2, -0.15) is 0 Å². The summed E-state index contributed by atoms with van der Waals surface area (Å²) >= 11 is 0. The highest BCUT2D eigenvalue weighted by Crippen LogP contribution is 2.10. The van der Waals surface area contributed by atoms with E-state index in [1.165, 1.54) is 11.1 Å². The molecule has 0 spiro atoms. The molecule has 114 valence electrons. The predicted octanol–water partition coefficient (Wildman–Crippen LogP) is 3.32. The first-order chi connectivity index (χ1) is 10.2. The fourth-order valence-corrected chi connectivity index (χ4v) is 2.02. The first kappa shape index (κ1) is 15.7. The Balaban J connectivity index is 1.60. The topological polar surface area (TPSA) is 47.3 Å². The molecule has 0 fully saturated rings. The van der Waals surface area contributed by atoms with E-state index in [-0.39, 0.29) is 0 Å². The molecule has 4 heteroatoms. The summed E-state index contributed by atoms with van der Waals surface area (Å²) in [6, 6.07) is 6.62. The third-order valence-corrected chi connectivity index (χ3v) is 3.17. The molecule has 1 N–H and O–H groups in total. The van der Waals surface area contributed by atoms with Gasteiger partial charge >= 0.3 is 0 Å². The third kappa shape index (κ3) is 6.10. The van der Waals surface area contributed by atoms with Crippen molar-refractivity contribution in [1.82, 2.24) is 10.3 Å². The van der Waals surface area contributed by atoms with Gasteiger partial charge in [0, 0.05) is 37.2 Å². The predicted molar refractivity (Wildman–Crippen MR) is 82.9 cm³/mol. The van der Waals surface area contributed by atoms with Gasteiger partial charge in [-0.05, 0) is 36.6 Å². The molecule has 0 saturated carbocycles. The van der Waals surface area contributed by atoms with Crippen molar-refractivity contribution in [3.05, 3.63) is 53.7 Å². The minimum Gasteiger partial charge on any atom is -0.467 e. The Labute approximate surface area is 126 Å². The van der Waals surface area contributed by atoms with Crippen molar-refractivity contribution in [3.63, 3.8) is 0 Å². The van der Waals surface area contributed by atoms with E-state index < -0.39 is 0 Å². The van der Waals surface area contributed by atoms with Gasteiger partial charge in [0.15, 0.2) is 0 Å². The maximum Gasteiger partial charge on any atom is 0.129 e. The minimum atomic E-state index is 0.479. The van der Waals surface area contributed by atoms with Crippen LogP contribution < -0.4 is 5.32 Å². The Kier molecular flexibility index (Phi) is 6.44. The molecule has 2 aromatic heterocycles. The minimum absolute atomic E-state index is 0.479. The molecule has 4 nitrogen and oxygen atoms in total. The average molecular weight is 288 g/mol. The van der Waals surface area contributed by atoms with Gasteiger partial charge < -0.3 is 14.5 Å². The molecule has 0 aliphatic rings. The Hall–Kier alpha value is -1.65. The lowest BCUT2D eigenvalue weighted by molar-refractivity contribution is 0.104. The van der Waals surface area contributed by atoms with Crippen LogP contribution in [0.3, 0.4) is 0 Å².